The first kappa shape index (κ1) is 12.1. The van der Waals surface area contributed by atoms with Crippen molar-refractivity contribution >= 4 is 10.9 Å². The third-order valence-electron chi connectivity index (χ3n) is 2.75. The van der Waals surface area contributed by atoms with Gasteiger partial charge in [0, 0.05) is 32.9 Å². The molecule has 0 saturated carbocycles. The molecule has 3 nitrogen and oxygen atoms in total. The third-order valence-corrected chi connectivity index (χ3v) is 2.75. The molecule has 0 atom stereocenters. The van der Waals surface area contributed by atoms with E-state index in [-0.39, 0.29) is 5.82 Å². The van der Waals surface area contributed by atoms with Gasteiger partial charge in [0.2, 0.25) is 0 Å². The van der Waals surface area contributed by atoms with E-state index in [1.165, 1.54) is 6.07 Å². The molecule has 0 amide bonds. The first-order valence-electron chi connectivity index (χ1n) is 5.75. The van der Waals surface area contributed by atoms with Crippen LogP contribution in [0, 0.1) is 5.82 Å². The summed E-state index contributed by atoms with van der Waals surface area (Å²) in [7, 11) is 1.68. The molecule has 0 fully saturated rings. The topological polar surface area (TPSA) is 26.2 Å². The normalized spacial score (nSPS) is 11.2. The van der Waals surface area contributed by atoms with Crippen molar-refractivity contribution in [3.8, 4) is 0 Å². The highest BCUT2D eigenvalue weighted by molar-refractivity contribution is 5.80. The van der Waals surface area contributed by atoms with Crippen LogP contribution in [-0.2, 0) is 11.3 Å². The molecular formula is C13H17FN2O. The number of fused-ring (bicyclic) bond motifs is 1. The smallest absolute Gasteiger partial charge is 0.125 e. The standard InChI is InChI=1S/C13H17FN2O/c1-17-9-6-15-5-8-16-7-4-11-2-3-12(14)10-13(11)16/h2-4,7,10,15H,5-6,8-9H2,1H3. The van der Waals surface area contributed by atoms with Crippen molar-refractivity contribution in [2.75, 3.05) is 26.8 Å². The van der Waals surface area contributed by atoms with Crippen LogP contribution in [-0.4, -0.2) is 31.4 Å². The van der Waals surface area contributed by atoms with Crippen molar-refractivity contribution in [3.63, 3.8) is 0 Å². The van der Waals surface area contributed by atoms with Crippen LogP contribution in [0.25, 0.3) is 10.9 Å². The van der Waals surface area contributed by atoms with E-state index < -0.39 is 0 Å². The molecule has 0 radical (unpaired) electrons. The van der Waals surface area contributed by atoms with E-state index in [1.807, 2.05) is 12.3 Å². The average Bonchev–Trinajstić information content (AvgIpc) is 2.72. The first-order valence-corrected chi connectivity index (χ1v) is 5.75. The number of methoxy groups -OCH3 is 1. The highest BCUT2D eigenvalue weighted by Gasteiger charge is 2.01. The van der Waals surface area contributed by atoms with Crippen LogP contribution in [0.2, 0.25) is 0 Å². The lowest BCUT2D eigenvalue weighted by atomic mass is 10.2. The molecule has 0 bridgehead atoms. The van der Waals surface area contributed by atoms with Gasteiger partial charge in [0.25, 0.3) is 0 Å². The van der Waals surface area contributed by atoms with Gasteiger partial charge in [0.1, 0.15) is 5.82 Å². The van der Waals surface area contributed by atoms with Crippen molar-refractivity contribution in [1.82, 2.24) is 9.88 Å². The van der Waals surface area contributed by atoms with Gasteiger partial charge in [0.15, 0.2) is 0 Å². The van der Waals surface area contributed by atoms with Crippen LogP contribution in [0.5, 0.6) is 0 Å². The molecular weight excluding hydrogens is 219 g/mol. The van der Waals surface area contributed by atoms with Crippen molar-refractivity contribution in [1.29, 1.82) is 0 Å². The monoisotopic (exact) mass is 236 g/mol. The van der Waals surface area contributed by atoms with E-state index in [0.717, 1.165) is 30.5 Å². The summed E-state index contributed by atoms with van der Waals surface area (Å²) in [4.78, 5) is 0. The number of nitrogens with zero attached hydrogens (tertiary/aromatic N) is 1. The second-order valence-electron chi connectivity index (χ2n) is 3.96. The molecule has 1 aromatic carbocycles. The zero-order valence-electron chi connectivity index (χ0n) is 9.95. The van der Waals surface area contributed by atoms with Crippen LogP contribution in [0.3, 0.4) is 0 Å². The predicted octanol–water partition coefficient (Wildman–Crippen LogP) is 2.02. The molecule has 1 aromatic heterocycles. The molecule has 0 unspecified atom stereocenters. The number of benzene rings is 1. The summed E-state index contributed by atoms with van der Waals surface area (Å²) in [6.07, 6.45) is 1.99. The number of aromatic nitrogens is 1. The van der Waals surface area contributed by atoms with E-state index >= 15 is 0 Å². The fourth-order valence-corrected chi connectivity index (χ4v) is 1.85. The third kappa shape index (κ3) is 3.05. The maximum Gasteiger partial charge on any atom is 0.125 e. The molecule has 17 heavy (non-hydrogen) atoms. The average molecular weight is 236 g/mol. The number of hydrogen-bond donors (Lipinski definition) is 1. The molecule has 0 spiro atoms. The van der Waals surface area contributed by atoms with Gasteiger partial charge >= 0.3 is 0 Å². The van der Waals surface area contributed by atoms with E-state index in [0.29, 0.717) is 6.61 Å². The minimum Gasteiger partial charge on any atom is -0.383 e. The molecule has 2 rings (SSSR count). The van der Waals surface area contributed by atoms with Crippen LogP contribution in [0.4, 0.5) is 4.39 Å². The Morgan fingerprint density at radius 1 is 1.29 bits per heavy atom. The number of halogens is 1. The largest absolute Gasteiger partial charge is 0.383 e. The summed E-state index contributed by atoms with van der Waals surface area (Å²) in [6.45, 7) is 3.23. The predicted molar refractivity (Wildman–Crippen MR) is 66.6 cm³/mol. The van der Waals surface area contributed by atoms with Gasteiger partial charge in [-0.25, -0.2) is 4.39 Å². The maximum absolute atomic E-state index is 13.1. The van der Waals surface area contributed by atoms with Crippen molar-refractivity contribution in [2.45, 2.75) is 6.54 Å². The Bertz CT molecular complexity index is 481. The SMILES string of the molecule is COCCNCCn1ccc2ccc(F)cc21. The van der Waals surface area contributed by atoms with Gasteiger partial charge in [-0.2, -0.15) is 0 Å². The first-order chi connectivity index (χ1) is 8.31. The quantitative estimate of drug-likeness (QED) is 0.777. The maximum atomic E-state index is 13.1. The number of ether oxygens (including phenoxy) is 1. The molecule has 2 aromatic rings. The Hall–Kier alpha value is -1.39. The highest BCUT2D eigenvalue weighted by atomic mass is 19.1. The second kappa shape index (κ2) is 5.80. The number of rotatable bonds is 6. The molecule has 1 heterocycles. The van der Waals surface area contributed by atoms with E-state index in [1.54, 1.807) is 19.2 Å². The number of hydrogen-bond acceptors (Lipinski definition) is 2. The fraction of sp³-hybridized carbons (Fsp3) is 0.385. The molecule has 92 valence electrons. The lowest BCUT2D eigenvalue weighted by Crippen LogP contribution is -2.23. The van der Waals surface area contributed by atoms with Gasteiger partial charge in [-0.3, -0.25) is 0 Å². The summed E-state index contributed by atoms with van der Waals surface area (Å²) in [5, 5.41) is 4.34. The van der Waals surface area contributed by atoms with Gasteiger partial charge in [0.05, 0.1) is 12.1 Å². The van der Waals surface area contributed by atoms with E-state index in [2.05, 4.69) is 9.88 Å². The zero-order chi connectivity index (χ0) is 12.1. The van der Waals surface area contributed by atoms with Crippen LogP contribution in [0.1, 0.15) is 0 Å². The number of nitrogens with one attached hydrogen (secondary N) is 1. The van der Waals surface area contributed by atoms with Crippen LogP contribution in [0.15, 0.2) is 30.5 Å². The Kier molecular flexibility index (Phi) is 4.12. The molecule has 0 saturated heterocycles. The summed E-state index contributed by atoms with van der Waals surface area (Å²) < 4.78 is 20.1. The Labute approximate surface area is 100 Å². The highest BCUT2D eigenvalue weighted by Crippen LogP contribution is 2.16. The summed E-state index contributed by atoms with van der Waals surface area (Å²) >= 11 is 0. The zero-order valence-corrected chi connectivity index (χ0v) is 9.95. The molecule has 0 aliphatic rings. The Morgan fingerprint density at radius 3 is 3.00 bits per heavy atom. The van der Waals surface area contributed by atoms with Crippen LogP contribution < -0.4 is 5.32 Å². The van der Waals surface area contributed by atoms with E-state index in [9.17, 15) is 4.39 Å². The van der Waals surface area contributed by atoms with E-state index in [4.69, 9.17) is 4.74 Å². The van der Waals surface area contributed by atoms with Crippen molar-refractivity contribution in [2.24, 2.45) is 0 Å². The van der Waals surface area contributed by atoms with Gasteiger partial charge < -0.3 is 14.6 Å². The van der Waals surface area contributed by atoms with Gasteiger partial charge in [-0.05, 0) is 29.7 Å². The molecule has 0 aliphatic carbocycles. The van der Waals surface area contributed by atoms with Crippen LogP contribution >= 0.6 is 0 Å². The minimum absolute atomic E-state index is 0.190. The van der Waals surface area contributed by atoms with Crippen molar-refractivity contribution in [3.05, 3.63) is 36.3 Å². The summed E-state index contributed by atoms with van der Waals surface area (Å²) in [5.74, 6) is -0.190. The second-order valence-corrected chi connectivity index (χ2v) is 3.96. The molecule has 4 heteroatoms. The summed E-state index contributed by atoms with van der Waals surface area (Å²) in [5.41, 5.74) is 0.943. The van der Waals surface area contributed by atoms with Gasteiger partial charge in [-0.1, -0.05) is 0 Å². The summed E-state index contributed by atoms with van der Waals surface area (Å²) in [6, 6.07) is 6.87. The lowest BCUT2D eigenvalue weighted by molar-refractivity contribution is 0.199. The Morgan fingerprint density at radius 2 is 2.18 bits per heavy atom. The molecule has 0 aliphatic heterocycles. The fourth-order valence-electron chi connectivity index (χ4n) is 1.85. The molecule has 1 N–H and O–H groups in total. The minimum atomic E-state index is -0.190. The van der Waals surface area contributed by atoms with Gasteiger partial charge in [-0.15, -0.1) is 0 Å². The van der Waals surface area contributed by atoms with Crippen molar-refractivity contribution < 1.29 is 9.13 Å². The Balaban J connectivity index is 1.96. The lowest BCUT2D eigenvalue weighted by Gasteiger charge is -2.07.